The summed E-state index contributed by atoms with van der Waals surface area (Å²) in [4.78, 5) is 25.6. The van der Waals surface area contributed by atoms with E-state index in [2.05, 4.69) is 10.6 Å². The molecular formula is C20H18N2O6. The Balaban J connectivity index is 1.28. The molecule has 0 radical (unpaired) electrons. The Hall–Kier alpha value is -3.42. The number of anilines is 2. The summed E-state index contributed by atoms with van der Waals surface area (Å²) in [6.07, 6.45) is 1.000. The normalized spacial score (nSPS) is 17.6. The number of fused-ring (bicyclic) bond motifs is 2. The van der Waals surface area contributed by atoms with Gasteiger partial charge in [0.2, 0.25) is 18.6 Å². The van der Waals surface area contributed by atoms with Crippen molar-refractivity contribution in [1.82, 2.24) is 0 Å². The molecule has 0 atom stereocenters. The molecule has 1 saturated carbocycles. The molecule has 1 aliphatic carbocycles. The molecule has 2 aromatic carbocycles. The van der Waals surface area contributed by atoms with Crippen molar-refractivity contribution in [2.24, 2.45) is 5.41 Å². The number of rotatable bonds is 4. The first-order valence-electron chi connectivity index (χ1n) is 9.06. The van der Waals surface area contributed by atoms with Crippen LogP contribution in [-0.2, 0) is 9.59 Å². The van der Waals surface area contributed by atoms with Crippen LogP contribution in [0.1, 0.15) is 12.8 Å². The number of amides is 2. The minimum atomic E-state index is -1.07. The van der Waals surface area contributed by atoms with Gasteiger partial charge in [-0.3, -0.25) is 9.59 Å². The van der Waals surface area contributed by atoms with E-state index in [-0.39, 0.29) is 18.6 Å². The zero-order chi connectivity index (χ0) is 19.1. The van der Waals surface area contributed by atoms with Gasteiger partial charge in [0, 0.05) is 23.5 Å². The highest BCUT2D eigenvalue weighted by Gasteiger charge is 2.56. The smallest absolute Gasteiger partial charge is 0.240 e. The van der Waals surface area contributed by atoms with Crippen LogP contribution in [0.25, 0.3) is 0 Å². The number of ether oxygens (including phenoxy) is 4. The molecule has 1 fully saturated rings. The summed E-state index contributed by atoms with van der Waals surface area (Å²) < 4.78 is 21.6. The summed E-state index contributed by atoms with van der Waals surface area (Å²) in [7, 11) is 0. The fourth-order valence-corrected chi connectivity index (χ4v) is 3.28. The molecule has 2 aliphatic heterocycles. The zero-order valence-corrected chi connectivity index (χ0v) is 14.9. The fraction of sp³-hybridized carbons (Fsp3) is 0.300. The highest BCUT2D eigenvalue weighted by molar-refractivity contribution is 6.17. The summed E-state index contributed by atoms with van der Waals surface area (Å²) in [5.41, 5.74) is 0.0629. The average Bonchev–Trinajstić information content (AvgIpc) is 3.40. The van der Waals surface area contributed by atoms with Crippen LogP contribution in [-0.4, -0.2) is 31.8 Å². The molecule has 3 aliphatic rings. The van der Waals surface area contributed by atoms with Crippen LogP contribution in [0.15, 0.2) is 36.4 Å². The van der Waals surface area contributed by atoms with Crippen LogP contribution in [0.4, 0.5) is 11.4 Å². The molecule has 0 bridgehead atoms. The van der Waals surface area contributed by atoms with E-state index in [4.69, 9.17) is 18.9 Å². The van der Waals surface area contributed by atoms with Gasteiger partial charge in [-0.2, -0.15) is 0 Å². The Morgan fingerprint density at radius 2 is 1.21 bits per heavy atom. The minimum absolute atomic E-state index is 0.161. The molecule has 5 rings (SSSR count). The van der Waals surface area contributed by atoms with Gasteiger partial charge in [-0.15, -0.1) is 0 Å². The van der Waals surface area contributed by atoms with Crippen LogP contribution in [0.5, 0.6) is 23.0 Å². The van der Waals surface area contributed by atoms with Gasteiger partial charge in [-0.05, 0) is 37.1 Å². The van der Waals surface area contributed by atoms with Crippen LogP contribution >= 0.6 is 0 Å². The average molecular weight is 382 g/mol. The van der Waals surface area contributed by atoms with Crippen LogP contribution in [0.3, 0.4) is 0 Å². The molecule has 2 amide bonds. The Labute approximate surface area is 160 Å². The number of carbonyl (C=O) groups is 2. The van der Waals surface area contributed by atoms with E-state index in [0.717, 1.165) is 0 Å². The lowest BCUT2D eigenvalue weighted by molar-refractivity contribution is -0.131. The monoisotopic (exact) mass is 382 g/mol. The highest BCUT2D eigenvalue weighted by atomic mass is 16.7. The summed E-state index contributed by atoms with van der Waals surface area (Å²) >= 11 is 0. The molecule has 144 valence electrons. The molecule has 8 heteroatoms. The van der Waals surface area contributed by atoms with Crippen molar-refractivity contribution in [2.45, 2.75) is 12.8 Å². The van der Waals surface area contributed by atoms with Gasteiger partial charge >= 0.3 is 0 Å². The van der Waals surface area contributed by atoms with E-state index in [1.807, 2.05) is 0 Å². The summed E-state index contributed by atoms with van der Waals surface area (Å²) in [6.45, 7) is 1.13. The van der Waals surface area contributed by atoms with E-state index in [1.165, 1.54) is 0 Å². The van der Waals surface area contributed by atoms with Crippen molar-refractivity contribution < 1.29 is 28.5 Å². The third kappa shape index (κ3) is 2.87. The maximum absolute atomic E-state index is 12.8. The lowest BCUT2D eigenvalue weighted by Crippen LogP contribution is -2.35. The number of hydrogen-bond donors (Lipinski definition) is 2. The van der Waals surface area contributed by atoms with Crippen molar-refractivity contribution in [1.29, 1.82) is 0 Å². The van der Waals surface area contributed by atoms with Gasteiger partial charge in [0.1, 0.15) is 18.6 Å². The third-order valence-corrected chi connectivity index (χ3v) is 5.05. The van der Waals surface area contributed by atoms with Crippen molar-refractivity contribution in [3.05, 3.63) is 36.4 Å². The first-order chi connectivity index (χ1) is 13.6. The molecule has 0 unspecified atom stereocenters. The summed E-state index contributed by atoms with van der Waals surface area (Å²) in [5.74, 6) is 1.77. The van der Waals surface area contributed by atoms with E-state index in [1.54, 1.807) is 36.4 Å². The fourth-order valence-electron chi connectivity index (χ4n) is 3.28. The molecule has 0 saturated heterocycles. The maximum atomic E-state index is 12.8. The molecule has 28 heavy (non-hydrogen) atoms. The second kappa shape index (κ2) is 6.33. The van der Waals surface area contributed by atoms with E-state index in [0.29, 0.717) is 60.4 Å². The van der Waals surface area contributed by atoms with Gasteiger partial charge < -0.3 is 29.6 Å². The lowest BCUT2D eigenvalue weighted by atomic mass is 10.0. The third-order valence-electron chi connectivity index (χ3n) is 5.05. The van der Waals surface area contributed by atoms with E-state index in [9.17, 15) is 9.59 Å². The van der Waals surface area contributed by atoms with E-state index < -0.39 is 5.41 Å². The molecule has 0 spiro atoms. The van der Waals surface area contributed by atoms with Crippen molar-refractivity contribution in [3.8, 4) is 23.0 Å². The van der Waals surface area contributed by atoms with E-state index >= 15 is 0 Å². The first kappa shape index (κ1) is 16.7. The second-order valence-corrected chi connectivity index (χ2v) is 6.92. The topological polar surface area (TPSA) is 95.1 Å². The molecule has 2 heterocycles. The van der Waals surface area contributed by atoms with Crippen molar-refractivity contribution >= 4 is 23.2 Å². The van der Waals surface area contributed by atoms with Gasteiger partial charge in [0.25, 0.3) is 0 Å². The zero-order valence-electron chi connectivity index (χ0n) is 14.9. The van der Waals surface area contributed by atoms with Crippen LogP contribution in [0.2, 0.25) is 0 Å². The Morgan fingerprint density at radius 3 is 1.82 bits per heavy atom. The molecule has 0 aromatic heterocycles. The SMILES string of the molecule is O=C(Nc1ccc2c(c1)OCCO2)C1(C(=O)Nc2ccc3c(c2)OCO3)CC1. The quantitative estimate of drug-likeness (QED) is 0.789. The predicted octanol–water partition coefficient (Wildman–Crippen LogP) is 2.54. The van der Waals surface area contributed by atoms with Gasteiger partial charge in [0.15, 0.2) is 23.0 Å². The lowest BCUT2D eigenvalue weighted by Gasteiger charge is -2.20. The standard InChI is InChI=1S/C20H18N2O6/c23-18(21-12-1-3-14-16(9-12)26-8-7-25-14)20(5-6-20)19(24)22-13-2-4-15-17(10-13)28-11-27-15/h1-4,9-10H,5-8,11H2,(H,21,23)(H,22,24). The molecule has 2 N–H and O–H groups in total. The number of hydrogen-bond acceptors (Lipinski definition) is 6. The van der Waals surface area contributed by atoms with Crippen molar-refractivity contribution in [2.75, 3.05) is 30.6 Å². The Kier molecular flexibility index (Phi) is 3.78. The van der Waals surface area contributed by atoms with Crippen LogP contribution < -0.4 is 29.6 Å². The summed E-state index contributed by atoms with van der Waals surface area (Å²) in [6, 6.07) is 10.3. The van der Waals surface area contributed by atoms with Crippen molar-refractivity contribution in [3.63, 3.8) is 0 Å². The largest absolute Gasteiger partial charge is 0.486 e. The molecular weight excluding hydrogens is 364 g/mol. The maximum Gasteiger partial charge on any atom is 0.240 e. The van der Waals surface area contributed by atoms with Gasteiger partial charge in [-0.1, -0.05) is 0 Å². The highest BCUT2D eigenvalue weighted by Crippen LogP contribution is 2.48. The van der Waals surface area contributed by atoms with Gasteiger partial charge in [-0.25, -0.2) is 0 Å². The Morgan fingerprint density at radius 1 is 0.714 bits per heavy atom. The summed E-state index contributed by atoms with van der Waals surface area (Å²) in [5, 5.41) is 5.63. The number of nitrogens with one attached hydrogen (secondary N) is 2. The first-order valence-corrected chi connectivity index (χ1v) is 9.06. The van der Waals surface area contributed by atoms with Crippen LogP contribution in [0, 0.1) is 5.41 Å². The number of carbonyl (C=O) groups excluding carboxylic acids is 2. The second-order valence-electron chi connectivity index (χ2n) is 6.92. The number of benzene rings is 2. The van der Waals surface area contributed by atoms with Gasteiger partial charge in [0.05, 0.1) is 0 Å². The Bertz CT molecular complexity index is 969. The minimum Gasteiger partial charge on any atom is -0.486 e. The molecule has 2 aromatic rings. The predicted molar refractivity (Wildman–Crippen MR) is 98.9 cm³/mol. The molecule has 8 nitrogen and oxygen atoms in total.